The zero-order valence-corrected chi connectivity index (χ0v) is 11.0. The largest absolute Gasteiger partial charge is 0.312 e. The number of nitro groups is 1. The minimum absolute atomic E-state index is 0.105. The third-order valence-electron chi connectivity index (χ3n) is 3.13. The summed E-state index contributed by atoms with van der Waals surface area (Å²) in [6, 6.07) is 5.23. The van der Waals surface area contributed by atoms with Crippen molar-refractivity contribution in [3.63, 3.8) is 0 Å². The summed E-state index contributed by atoms with van der Waals surface area (Å²) in [7, 11) is 0. The molecule has 0 bridgehead atoms. The Labute approximate surface area is 111 Å². The third-order valence-corrected chi connectivity index (χ3v) is 3.48. The number of benzene rings is 1. The fraction of sp³-hybridized carbons (Fsp3) is 0.500. The first-order valence-electron chi connectivity index (χ1n) is 5.95. The van der Waals surface area contributed by atoms with Crippen LogP contribution in [0.25, 0.3) is 0 Å². The summed E-state index contributed by atoms with van der Waals surface area (Å²) in [5.74, 6) is 0. The summed E-state index contributed by atoms with van der Waals surface area (Å²) in [6.45, 7) is 5.30. The van der Waals surface area contributed by atoms with E-state index in [9.17, 15) is 10.1 Å². The number of hydrogen-bond acceptors (Lipinski definition) is 4. The summed E-state index contributed by atoms with van der Waals surface area (Å²) in [4.78, 5) is 12.8. The first kappa shape index (κ1) is 13.3. The van der Waals surface area contributed by atoms with E-state index in [1.807, 2.05) is 0 Å². The monoisotopic (exact) mass is 269 g/mol. The Balaban J connectivity index is 2.20. The van der Waals surface area contributed by atoms with E-state index < -0.39 is 0 Å². The molecule has 1 fully saturated rings. The summed E-state index contributed by atoms with van der Waals surface area (Å²) in [5, 5.41) is 14.8. The number of rotatable bonds is 3. The predicted octanol–water partition coefficient (Wildman–Crippen LogP) is 2.04. The zero-order chi connectivity index (χ0) is 13.1. The van der Waals surface area contributed by atoms with E-state index in [1.54, 1.807) is 12.1 Å². The van der Waals surface area contributed by atoms with Crippen LogP contribution in [0.5, 0.6) is 0 Å². The Morgan fingerprint density at radius 1 is 1.61 bits per heavy atom. The normalized spacial score (nSPS) is 20.9. The molecule has 0 spiro atoms. The van der Waals surface area contributed by atoms with Gasteiger partial charge >= 0.3 is 0 Å². The van der Waals surface area contributed by atoms with Crippen LogP contribution in [-0.4, -0.2) is 35.5 Å². The fourth-order valence-corrected chi connectivity index (χ4v) is 2.48. The standard InChI is InChI=1S/C12H16ClN3O2/c1-9-7-15(6-5-14-9)8-10-11(13)3-2-4-12(10)16(17)18/h2-4,9,14H,5-8H2,1H3/t9-/m0/s1. The highest BCUT2D eigenvalue weighted by Gasteiger charge is 2.22. The van der Waals surface area contributed by atoms with Gasteiger partial charge in [-0.1, -0.05) is 17.7 Å². The van der Waals surface area contributed by atoms with Crippen LogP contribution in [0, 0.1) is 10.1 Å². The van der Waals surface area contributed by atoms with Crippen LogP contribution in [0.4, 0.5) is 5.69 Å². The number of nitro benzene ring substituents is 1. The molecule has 1 aliphatic rings. The van der Waals surface area contributed by atoms with Crippen molar-refractivity contribution in [3.05, 3.63) is 38.9 Å². The fourth-order valence-electron chi connectivity index (χ4n) is 2.25. The highest BCUT2D eigenvalue weighted by molar-refractivity contribution is 6.31. The van der Waals surface area contributed by atoms with E-state index in [-0.39, 0.29) is 10.6 Å². The average molecular weight is 270 g/mol. The topological polar surface area (TPSA) is 58.4 Å². The number of nitrogens with zero attached hydrogens (tertiary/aromatic N) is 2. The molecule has 18 heavy (non-hydrogen) atoms. The van der Waals surface area contributed by atoms with Gasteiger partial charge in [0.2, 0.25) is 0 Å². The second-order valence-corrected chi connectivity index (χ2v) is 4.99. The smallest absolute Gasteiger partial charge is 0.275 e. The molecule has 0 saturated carbocycles. The molecule has 0 unspecified atom stereocenters. The molecule has 2 rings (SSSR count). The van der Waals surface area contributed by atoms with Crippen molar-refractivity contribution in [2.75, 3.05) is 19.6 Å². The van der Waals surface area contributed by atoms with Gasteiger partial charge in [0, 0.05) is 38.3 Å². The van der Waals surface area contributed by atoms with Gasteiger partial charge in [-0.25, -0.2) is 0 Å². The van der Waals surface area contributed by atoms with E-state index in [0.717, 1.165) is 19.6 Å². The molecule has 1 aromatic carbocycles. The van der Waals surface area contributed by atoms with Crippen molar-refractivity contribution in [1.82, 2.24) is 10.2 Å². The second kappa shape index (κ2) is 5.65. The molecule has 6 heteroatoms. The van der Waals surface area contributed by atoms with Crippen molar-refractivity contribution < 1.29 is 4.92 Å². The van der Waals surface area contributed by atoms with Gasteiger partial charge in [-0.2, -0.15) is 0 Å². The molecule has 0 aliphatic carbocycles. The van der Waals surface area contributed by atoms with E-state index in [2.05, 4.69) is 17.1 Å². The molecule has 98 valence electrons. The van der Waals surface area contributed by atoms with Gasteiger partial charge in [0.15, 0.2) is 0 Å². The van der Waals surface area contributed by atoms with Crippen molar-refractivity contribution in [3.8, 4) is 0 Å². The van der Waals surface area contributed by atoms with Crippen LogP contribution in [0.3, 0.4) is 0 Å². The SMILES string of the molecule is C[C@H]1CN(Cc2c(Cl)cccc2[N+](=O)[O-])CCN1. The first-order chi connectivity index (χ1) is 8.58. The quantitative estimate of drug-likeness (QED) is 0.674. The zero-order valence-electron chi connectivity index (χ0n) is 10.2. The molecule has 1 atom stereocenters. The van der Waals surface area contributed by atoms with Crippen molar-refractivity contribution in [2.45, 2.75) is 19.5 Å². The Hall–Kier alpha value is -1.17. The van der Waals surface area contributed by atoms with E-state index in [1.165, 1.54) is 6.07 Å². The van der Waals surface area contributed by atoms with E-state index in [4.69, 9.17) is 11.6 Å². The van der Waals surface area contributed by atoms with Crippen LogP contribution < -0.4 is 5.32 Å². The van der Waals surface area contributed by atoms with Crippen molar-refractivity contribution >= 4 is 17.3 Å². The number of hydrogen-bond donors (Lipinski definition) is 1. The molecular formula is C12H16ClN3O2. The molecule has 0 radical (unpaired) electrons. The lowest BCUT2D eigenvalue weighted by Crippen LogP contribution is -2.48. The summed E-state index contributed by atoms with van der Waals surface area (Å²) < 4.78 is 0. The van der Waals surface area contributed by atoms with Gasteiger partial charge in [-0.15, -0.1) is 0 Å². The van der Waals surface area contributed by atoms with Crippen LogP contribution in [-0.2, 0) is 6.54 Å². The minimum Gasteiger partial charge on any atom is -0.312 e. The van der Waals surface area contributed by atoms with Gasteiger partial charge in [0.25, 0.3) is 5.69 Å². The molecule has 1 N–H and O–H groups in total. The lowest BCUT2D eigenvalue weighted by atomic mass is 10.1. The van der Waals surface area contributed by atoms with Crippen LogP contribution in [0.15, 0.2) is 18.2 Å². The van der Waals surface area contributed by atoms with Crippen LogP contribution >= 0.6 is 11.6 Å². The maximum Gasteiger partial charge on any atom is 0.275 e. The first-order valence-corrected chi connectivity index (χ1v) is 6.33. The second-order valence-electron chi connectivity index (χ2n) is 4.58. The Kier molecular flexibility index (Phi) is 4.16. The van der Waals surface area contributed by atoms with E-state index in [0.29, 0.717) is 23.2 Å². The lowest BCUT2D eigenvalue weighted by molar-refractivity contribution is -0.385. The molecule has 5 nitrogen and oxygen atoms in total. The molecule has 0 amide bonds. The molecule has 1 aliphatic heterocycles. The number of nitrogens with one attached hydrogen (secondary N) is 1. The summed E-state index contributed by atoms with van der Waals surface area (Å²) in [6.07, 6.45) is 0. The maximum atomic E-state index is 11.0. The Morgan fingerprint density at radius 2 is 2.39 bits per heavy atom. The maximum absolute atomic E-state index is 11.0. The third kappa shape index (κ3) is 2.98. The van der Waals surface area contributed by atoms with Crippen LogP contribution in [0.2, 0.25) is 5.02 Å². The minimum atomic E-state index is -0.368. The van der Waals surface area contributed by atoms with Crippen molar-refractivity contribution in [2.24, 2.45) is 0 Å². The van der Waals surface area contributed by atoms with Gasteiger partial charge in [-0.05, 0) is 13.0 Å². The summed E-state index contributed by atoms with van der Waals surface area (Å²) >= 11 is 6.08. The van der Waals surface area contributed by atoms with Gasteiger partial charge < -0.3 is 5.32 Å². The molecule has 1 saturated heterocycles. The molecule has 1 heterocycles. The Morgan fingerprint density at radius 3 is 3.06 bits per heavy atom. The highest BCUT2D eigenvalue weighted by atomic mass is 35.5. The number of halogens is 1. The number of piperazine rings is 1. The molecular weight excluding hydrogens is 254 g/mol. The van der Waals surface area contributed by atoms with E-state index >= 15 is 0 Å². The van der Waals surface area contributed by atoms with Gasteiger partial charge in [-0.3, -0.25) is 15.0 Å². The van der Waals surface area contributed by atoms with Gasteiger partial charge in [0.1, 0.15) is 0 Å². The van der Waals surface area contributed by atoms with Crippen molar-refractivity contribution in [1.29, 1.82) is 0 Å². The lowest BCUT2D eigenvalue weighted by Gasteiger charge is -2.31. The molecule has 0 aromatic heterocycles. The average Bonchev–Trinajstić information content (AvgIpc) is 2.31. The predicted molar refractivity (Wildman–Crippen MR) is 70.8 cm³/mol. The highest BCUT2D eigenvalue weighted by Crippen LogP contribution is 2.27. The molecule has 1 aromatic rings. The van der Waals surface area contributed by atoms with Gasteiger partial charge in [0.05, 0.1) is 15.5 Å². The summed E-state index contributed by atoms with van der Waals surface area (Å²) in [5.41, 5.74) is 0.715. The Bertz CT molecular complexity index is 453. The van der Waals surface area contributed by atoms with Crippen LogP contribution in [0.1, 0.15) is 12.5 Å².